The van der Waals surface area contributed by atoms with E-state index in [1.807, 2.05) is 35.2 Å². The van der Waals surface area contributed by atoms with Gasteiger partial charge in [-0.2, -0.15) is 0 Å². The van der Waals surface area contributed by atoms with Crippen molar-refractivity contribution in [2.75, 3.05) is 13.2 Å². The zero-order valence-electron chi connectivity index (χ0n) is 9.88. The highest BCUT2D eigenvalue weighted by atomic mass is 16.5. The lowest BCUT2D eigenvalue weighted by Crippen LogP contribution is -2.59. The second kappa shape index (κ2) is 4.60. The quantitative estimate of drug-likeness (QED) is 0.626. The molecule has 98 valence electrons. The standard InChI is InChI=1S/C13H17NO4/c15-10-6-14-9(8-4-2-1-3-5-8)7-18-13(14)12(17)11(10)16/h1-5,9-13,15-17H,6-7H2/t9-,10-,11+,12-,13+/m0/s1. The van der Waals surface area contributed by atoms with Gasteiger partial charge in [0.15, 0.2) is 0 Å². The van der Waals surface area contributed by atoms with E-state index in [0.29, 0.717) is 13.2 Å². The zero-order chi connectivity index (χ0) is 12.7. The van der Waals surface area contributed by atoms with Crippen LogP contribution in [0.4, 0.5) is 0 Å². The van der Waals surface area contributed by atoms with E-state index in [1.165, 1.54) is 0 Å². The van der Waals surface area contributed by atoms with Gasteiger partial charge in [0.05, 0.1) is 18.8 Å². The minimum atomic E-state index is -1.14. The summed E-state index contributed by atoms with van der Waals surface area (Å²) in [4.78, 5) is 1.91. The number of hydrogen-bond acceptors (Lipinski definition) is 5. The first-order chi connectivity index (χ1) is 8.68. The molecule has 2 saturated heterocycles. The third-order valence-corrected chi connectivity index (χ3v) is 3.77. The van der Waals surface area contributed by atoms with E-state index in [4.69, 9.17) is 4.74 Å². The second-order valence-electron chi connectivity index (χ2n) is 4.90. The van der Waals surface area contributed by atoms with E-state index in [1.54, 1.807) is 0 Å². The summed E-state index contributed by atoms with van der Waals surface area (Å²) in [6.07, 6.45) is -3.68. The lowest BCUT2D eigenvalue weighted by atomic mass is 9.97. The molecule has 0 spiro atoms. The lowest BCUT2D eigenvalue weighted by molar-refractivity contribution is -0.181. The maximum absolute atomic E-state index is 9.91. The molecule has 0 amide bonds. The summed E-state index contributed by atoms with van der Waals surface area (Å²) in [5.41, 5.74) is 1.09. The Morgan fingerprint density at radius 1 is 1.06 bits per heavy atom. The Kier molecular flexibility index (Phi) is 3.09. The average molecular weight is 251 g/mol. The molecule has 3 N–H and O–H groups in total. The van der Waals surface area contributed by atoms with E-state index in [2.05, 4.69) is 0 Å². The topological polar surface area (TPSA) is 73.2 Å². The second-order valence-corrected chi connectivity index (χ2v) is 4.90. The van der Waals surface area contributed by atoms with Crippen LogP contribution in [-0.4, -0.2) is 57.9 Å². The van der Waals surface area contributed by atoms with Crippen LogP contribution in [0.3, 0.4) is 0 Å². The highest BCUT2D eigenvalue weighted by molar-refractivity contribution is 5.21. The van der Waals surface area contributed by atoms with Gasteiger partial charge in [-0.25, -0.2) is 0 Å². The third kappa shape index (κ3) is 1.84. The predicted molar refractivity (Wildman–Crippen MR) is 63.6 cm³/mol. The maximum atomic E-state index is 9.91. The Labute approximate surface area is 105 Å². The van der Waals surface area contributed by atoms with Crippen LogP contribution in [0.1, 0.15) is 11.6 Å². The van der Waals surface area contributed by atoms with Gasteiger partial charge < -0.3 is 20.1 Å². The number of ether oxygens (including phenoxy) is 1. The van der Waals surface area contributed by atoms with Crippen LogP contribution in [0.25, 0.3) is 0 Å². The summed E-state index contributed by atoms with van der Waals surface area (Å²) in [5, 5.41) is 29.3. The number of rotatable bonds is 1. The number of aliphatic hydroxyl groups is 3. The molecule has 5 nitrogen and oxygen atoms in total. The number of hydrogen-bond donors (Lipinski definition) is 3. The number of fused-ring (bicyclic) bond motifs is 1. The van der Waals surface area contributed by atoms with Crippen molar-refractivity contribution in [3.8, 4) is 0 Å². The molecule has 5 heteroatoms. The van der Waals surface area contributed by atoms with Crippen LogP contribution < -0.4 is 0 Å². The van der Waals surface area contributed by atoms with Crippen molar-refractivity contribution in [2.24, 2.45) is 0 Å². The van der Waals surface area contributed by atoms with Crippen LogP contribution >= 0.6 is 0 Å². The van der Waals surface area contributed by atoms with Gasteiger partial charge in [0.2, 0.25) is 0 Å². The number of nitrogens with zero attached hydrogens (tertiary/aromatic N) is 1. The van der Waals surface area contributed by atoms with Gasteiger partial charge in [-0.1, -0.05) is 30.3 Å². The minimum absolute atomic E-state index is 0.0213. The smallest absolute Gasteiger partial charge is 0.140 e. The molecule has 2 aliphatic rings. The van der Waals surface area contributed by atoms with E-state index in [-0.39, 0.29) is 6.04 Å². The van der Waals surface area contributed by atoms with Crippen LogP contribution in [0.15, 0.2) is 30.3 Å². The molecule has 0 unspecified atom stereocenters. The number of benzene rings is 1. The molecule has 1 aromatic carbocycles. The lowest BCUT2D eigenvalue weighted by Gasteiger charge is -2.40. The van der Waals surface area contributed by atoms with Gasteiger partial charge in [0.1, 0.15) is 18.4 Å². The van der Waals surface area contributed by atoms with Crippen molar-refractivity contribution in [1.82, 2.24) is 4.90 Å². The molecule has 1 aromatic rings. The number of aliphatic hydroxyl groups excluding tert-OH is 3. The first-order valence-corrected chi connectivity index (χ1v) is 6.15. The van der Waals surface area contributed by atoms with Crippen molar-refractivity contribution < 1.29 is 20.1 Å². The van der Waals surface area contributed by atoms with Crippen LogP contribution in [0.2, 0.25) is 0 Å². The Bertz CT molecular complexity index is 413. The molecule has 2 aliphatic heterocycles. The fraction of sp³-hybridized carbons (Fsp3) is 0.538. The number of piperidine rings is 1. The van der Waals surface area contributed by atoms with Crippen molar-refractivity contribution >= 4 is 0 Å². The van der Waals surface area contributed by atoms with Gasteiger partial charge in [0, 0.05) is 6.54 Å². The van der Waals surface area contributed by atoms with Gasteiger partial charge in [0.25, 0.3) is 0 Å². The summed E-state index contributed by atoms with van der Waals surface area (Å²) >= 11 is 0. The van der Waals surface area contributed by atoms with Gasteiger partial charge in [-0.15, -0.1) is 0 Å². The zero-order valence-corrected chi connectivity index (χ0v) is 9.88. The molecule has 2 heterocycles. The molecule has 5 atom stereocenters. The van der Waals surface area contributed by atoms with Gasteiger partial charge in [-0.05, 0) is 5.56 Å². The van der Waals surface area contributed by atoms with E-state index >= 15 is 0 Å². The molecular formula is C13H17NO4. The van der Waals surface area contributed by atoms with Crippen molar-refractivity contribution in [2.45, 2.75) is 30.6 Å². The SMILES string of the molecule is O[C@H]1[C@H](O)[C@@H](O)CN2[C@@H]1OC[C@H]2c1ccccc1. The largest absolute Gasteiger partial charge is 0.389 e. The summed E-state index contributed by atoms with van der Waals surface area (Å²) in [5.74, 6) is 0. The van der Waals surface area contributed by atoms with Gasteiger partial charge in [-0.3, -0.25) is 4.90 Å². The molecule has 0 radical (unpaired) electrons. The molecular weight excluding hydrogens is 234 g/mol. The Hall–Kier alpha value is -0.980. The normalized spacial score (nSPS) is 40.7. The van der Waals surface area contributed by atoms with Crippen molar-refractivity contribution in [1.29, 1.82) is 0 Å². The van der Waals surface area contributed by atoms with Crippen molar-refractivity contribution in [3.05, 3.63) is 35.9 Å². The monoisotopic (exact) mass is 251 g/mol. The molecule has 0 bridgehead atoms. The summed E-state index contributed by atoms with van der Waals surface area (Å²) in [7, 11) is 0. The Balaban J connectivity index is 1.85. The summed E-state index contributed by atoms with van der Waals surface area (Å²) < 4.78 is 5.56. The molecule has 0 aromatic heterocycles. The van der Waals surface area contributed by atoms with E-state index < -0.39 is 24.5 Å². The van der Waals surface area contributed by atoms with Crippen LogP contribution in [0.5, 0.6) is 0 Å². The molecule has 0 aliphatic carbocycles. The highest BCUT2D eigenvalue weighted by Crippen LogP contribution is 2.35. The fourth-order valence-electron chi connectivity index (χ4n) is 2.77. The molecule has 3 rings (SSSR count). The van der Waals surface area contributed by atoms with Crippen molar-refractivity contribution in [3.63, 3.8) is 0 Å². The van der Waals surface area contributed by atoms with Crippen LogP contribution in [0, 0.1) is 0 Å². The average Bonchev–Trinajstić information content (AvgIpc) is 2.81. The Morgan fingerprint density at radius 3 is 2.50 bits per heavy atom. The summed E-state index contributed by atoms with van der Waals surface area (Å²) in [6.45, 7) is 0.771. The van der Waals surface area contributed by atoms with E-state index in [0.717, 1.165) is 5.56 Å². The minimum Gasteiger partial charge on any atom is -0.389 e. The molecule has 0 saturated carbocycles. The maximum Gasteiger partial charge on any atom is 0.140 e. The van der Waals surface area contributed by atoms with Crippen LogP contribution in [-0.2, 0) is 4.74 Å². The Morgan fingerprint density at radius 2 is 1.78 bits per heavy atom. The van der Waals surface area contributed by atoms with E-state index in [9.17, 15) is 15.3 Å². The fourth-order valence-corrected chi connectivity index (χ4v) is 2.77. The first kappa shape index (κ1) is 12.1. The first-order valence-electron chi connectivity index (χ1n) is 6.15. The summed E-state index contributed by atoms with van der Waals surface area (Å²) in [6, 6.07) is 9.87. The molecule has 18 heavy (non-hydrogen) atoms. The molecule has 2 fully saturated rings. The predicted octanol–water partition coefficient (Wildman–Crippen LogP) is -0.518. The highest BCUT2D eigenvalue weighted by Gasteiger charge is 2.48. The van der Waals surface area contributed by atoms with Gasteiger partial charge >= 0.3 is 0 Å². The third-order valence-electron chi connectivity index (χ3n) is 3.77.